The fraction of sp³-hybridized carbons (Fsp3) is 0.393. The van der Waals surface area contributed by atoms with Crippen molar-refractivity contribution in [1.82, 2.24) is 15.3 Å². The molecule has 2 aliphatic rings. The highest BCUT2D eigenvalue weighted by Gasteiger charge is 2.26. The first-order valence-corrected chi connectivity index (χ1v) is 12.2. The molecule has 33 heavy (non-hydrogen) atoms. The maximum atomic E-state index is 13.1. The number of nitrogens with zero attached hydrogens (tertiary/aromatic N) is 2. The van der Waals surface area contributed by atoms with E-state index in [2.05, 4.69) is 34.6 Å². The van der Waals surface area contributed by atoms with Crippen molar-refractivity contribution < 1.29 is 9.90 Å². The zero-order valence-electron chi connectivity index (χ0n) is 19.0. The van der Waals surface area contributed by atoms with Gasteiger partial charge in [0.1, 0.15) is 5.69 Å². The molecule has 1 aromatic carbocycles. The number of nitrogens with one attached hydrogen (secondary N) is 1. The lowest BCUT2D eigenvalue weighted by Crippen LogP contribution is -2.45. The molecule has 0 unspecified atom stereocenters. The molecule has 0 radical (unpaired) electrons. The number of pyridine rings is 2. The number of aromatic nitrogens is 2. The third-order valence-corrected chi connectivity index (χ3v) is 6.96. The Morgan fingerprint density at radius 1 is 1.00 bits per heavy atom. The number of aryl methyl sites for hydroxylation is 1. The monoisotopic (exact) mass is 441 g/mol. The lowest BCUT2D eigenvalue weighted by atomic mass is 9.89. The van der Waals surface area contributed by atoms with Crippen molar-refractivity contribution in [2.45, 2.75) is 69.9 Å². The van der Waals surface area contributed by atoms with Crippen molar-refractivity contribution >= 4 is 5.91 Å². The van der Waals surface area contributed by atoms with Gasteiger partial charge < -0.3 is 10.4 Å². The zero-order chi connectivity index (χ0) is 22.6. The first-order valence-electron chi connectivity index (χ1n) is 12.2. The predicted molar refractivity (Wildman–Crippen MR) is 129 cm³/mol. The molecule has 2 heterocycles. The molecule has 0 saturated heterocycles. The van der Waals surface area contributed by atoms with Gasteiger partial charge in [-0.1, -0.05) is 49.2 Å². The summed E-state index contributed by atoms with van der Waals surface area (Å²) in [6.45, 7) is 0. The molecule has 2 N–H and O–H groups in total. The van der Waals surface area contributed by atoms with Crippen LogP contribution in [0.2, 0.25) is 0 Å². The van der Waals surface area contributed by atoms with Gasteiger partial charge in [-0.2, -0.15) is 0 Å². The molecule has 2 aliphatic carbocycles. The summed E-state index contributed by atoms with van der Waals surface area (Å²) in [7, 11) is 0. The summed E-state index contributed by atoms with van der Waals surface area (Å²) >= 11 is 0. The minimum absolute atomic E-state index is 0.173. The van der Waals surface area contributed by atoms with Crippen LogP contribution < -0.4 is 5.32 Å². The Labute approximate surface area is 195 Å². The Bertz CT molecular complexity index is 1110. The van der Waals surface area contributed by atoms with Gasteiger partial charge in [-0.15, -0.1) is 0 Å². The molecule has 1 fully saturated rings. The van der Waals surface area contributed by atoms with E-state index in [1.807, 2.05) is 30.5 Å². The van der Waals surface area contributed by atoms with E-state index in [-0.39, 0.29) is 11.9 Å². The Morgan fingerprint density at radius 3 is 2.61 bits per heavy atom. The molecule has 1 amide bonds. The van der Waals surface area contributed by atoms with Gasteiger partial charge in [-0.25, -0.2) is 4.98 Å². The van der Waals surface area contributed by atoms with Gasteiger partial charge in [0, 0.05) is 17.5 Å². The van der Waals surface area contributed by atoms with Crippen LogP contribution in [0.25, 0.3) is 11.3 Å². The number of benzene rings is 1. The molecule has 3 aromatic rings. The number of aliphatic hydroxyl groups excluding tert-OH is 1. The van der Waals surface area contributed by atoms with E-state index < -0.39 is 6.10 Å². The van der Waals surface area contributed by atoms with Gasteiger partial charge in [-0.05, 0) is 73.8 Å². The van der Waals surface area contributed by atoms with Gasteiger partial charge in [0.2, 0.25) is 0 Å². The highest BCUT2D eigenvalue weighted by atomic mass is 16.3. The number of rotatable bonds is 5. The maximum absolute atomic E-state index is 13.1. The van der Waals surface area contributed by atoms with E-state index in [1.54, 1.807) is 0 Å². The van der Waals surface area contributed by atoms with Crippen LogP contribution in [0.5, 0.6) is 0 Å². The minimum Gasteiger partial charge on any atom is -0.391 e. The molecule has 0 spiro atoms. The van der Waals surface area contributed by atoms with Crippen LogP contribution in [0, 0.1) is 0 Å². The second kappa shape index (κ2) is 9.84. The fourth-order valence-electron chi connectivity index (χ4n) is 5.11. The third-order valence-electron chi connectivity index (χ3n) is 6.96. The van der Waals surface area contributed by atoms with E-state index in [4.69, 9.17) is 4.98 Å². The van der Waals surface area contributed by atoms with Crippen LogP contribution in [0.1, 0.15) is 71.4 Å². The topological polar surface area (TPSA) is 75.1 Å². The van der Waals surface area contributed by atoms with E-state index >= 15 is 0 Å². The second-order valence-corrected chi connectivity index (χ2v) is 9.33. The highest BCUT2D eigenvalue weighted by molar-refractivity contribution is 5.93. The molecule has 0 aliphatic heterocycles. The Kier molecular flexibility index (Phi) is 6.49. The number of aliphatic hydroxyl groups is 1. The van der Waals surface area contributed by atoms with Crippen LogP contribution in [0.3, 0.4) is 0 Å². The van der Waals surface area contributed by atoms with Crippen molar-refractivity contribution in [3.8, 4) is 11.3 Å². The summed E-state index contributed by atoms with van der Waals surface area (Å²) in [5.41, 5.74) is 7.18. The molecule has 0 bridgehead atoms. The summed E-state index contributed by atoms with van der Waals surface area (Å²) in [5.74, 6) is -0.173. The smallest absolute Gasteiger partial charge is 0.270 e. The second-order valence-electron chi connectivity index (χ2n) is 9.33. The van der Waals surface area contributed by atoms with Gasteiger partial charge in [0.05, 0.1) is 17.8 Å². The van der Waals surface area contributed by atoms with Crippen molar-refractivity contribution in [2.24, 2.45) is 0 Å². The molecule has 1 saturated carbocycles. The first-order chi connectivity index (χ1) is 16.2. The average Bonchev–Trinajstić information content (AvgIpc) is 2.86. The number of hydrogen-bond acceptors (Lipinski definition) is 4. The van der Waals surface area contributed by atoms with E-state index in [9.17, 15) is 9.90 Å². The quantitative estimate of drug-likeness (QED) is 0.605. The number of hydrogen-bond donors (Lipinski definition) is 2. The summed E-state index contributed by atoms with van der Waals surface area (Å²) in [5, 5.41) is 13.3. The fourth-order valence-corrected chi connectivity index (χ4v) is 5.11. The molecule has 2 aromatic heterocycles. The number of carbonyl (C=O) groups excluding carboxylic acids is 1. The molecule has 5 rings (SSSR count). The standard InChI is InChI=1S/C28H31N3O2/c32-27-13-7-6-12-25(27)31-28(33)26-17-21(22-10-4-5-11-24(22)30-26)16-19-14-15-23(29-18-19)20-8-2-1-3-9-20/h1-3,8-9,14-15,17-18,25,27,32H,4-7,10-13,16H2,(H,31,33)/t25-,27-/m0/s1. The van der Waals surface area contributed by atoms with Gasteiger partial charge in [-0.3, -0.25) is 9.78 Å². The lowest BCUT2D eigenvalue weighted by Gasteiger charge is -2.28. The average molecular weight is 442 g/mol. The number of fused-ring (bicyclic) bond motifs is 1. The van der Waals surface area contributed by atoms with E-state index in [0.29, 0.717) is 5.69 Å². The molecule has 5 nitrogen and oxygen atoms in total. The third kappa shape index (κ3) is 4.98. The van der Waals surface area contributed by atoms with Gasteiger partial charge in [0.15, 0.2) is 0 Å². The van der Waals surface area contributed by atoms with Crippen molar-refractivity contribution in [3.63, 3.8) is 0 Å². The molecule has 170 valence electrons. The van der Waals surface area contributed by atoms with Crippen LogP contribution >= 0.6 is 0 Å². The predicted octanol–water partition coefficient (Wildman–Crippen LogP) is 4.65. The summed E-state index contributed by atoms with van der Waals surface area (Å²) < 4.78 is 0. The molecule has 5 heteroatoms. The molecular weight excluding hydrogens is 410 g/mol. The van der Waals surface area contributed by atoms with Crippen molar-refractivity contribution in [1.29, 1.82) is 0 Å². The summed E-state index contributed by atoms with van der Waals surface area (Å²) in [6, 6.07) is 16.2. The number of amides is 1. The largest absolute Gasteiger partial charge is 0.391 e. The van der Waals surface area contributed by atoms with Gasteiger partial charge >= 0.3 is 0 Å². The molecule has 2 atom stereocenters. The van der Waals surface area contributed by atoms with Gasteiger partial charge in [0.25, 0.3) is 5.91 Å². The van der Waals surface area contributed by atoms with Crippen molar-refractivity contribution in [3.05, 3.63) is 82.8 Å². The minimum atomic E-state index is -0.464. The Balaban J connectivity index is 1.39. The molecular formula is C28H31N3O2. The normalized spacial score (nSPS) is 20.2. The highest BCUT2D eigenvalue weighted by Crippen LogP contribution is 2.27. The number of carbonyl (C=O) groups is 1. The summed E-state index contributed by atoms with van der Waals surface area (Å²) in [6.07, 6.45) is 10.0. The van der Waals surface area contributed by atoms with E-state index in [1.165, 1.54) is 11.1 Å². The SMILES string of the molecule is O=C(N[C@H]1CCCC[C@@H]1O)c1cc(Cc2ccc(-c3ccccc3)nc2)c2c(n1)CCCC2. The van der Waals surface area contributed by atoms with E-state index in [0.717, 1.165) is 80.3 Å². The Hall–Kier alpha value is -3.05. The Morgan fingerprint density at radius 2 is 1.82 bits per heavy atom. The maximum Gasteiger partial charge on any atom is 0.270 e. The van der Waals surface area contributed by atoms with Crippen LogP contribution in [0.4, 0.5) is 0 Å². The first kappa shape index (κ1) is 21.8. The zero-order valence-corrected chi connectivity index (χ0v) is 19.0. The van der Waals surface area contributed by atoms with Crippen LogP contribution in [-0.2, 0) is 19.3 Å². The lowest BCUT2D eigenvalue weighted by molar-refractivity contribution is 0.0713. The van der Waals surface area contributed by atoms with Crippen LogP contribution in [-0.4, -0.2) is 33.1 Å². The van der Waals surface area contributed by atoms with Crippen LogP contribution in [0.15, 0.2) is 54.7 Å². The van der Waals surface area contributed by atoms with Crippen molar-refractivity contribution in [2.75, 3.05) is 0 Å². The summed E-state index contributed by atoms with van der Waals surface area (Å²) in [4.78, 5) is 22.5.